The average molecular weight is 435 g/mol. The van der Waals surface area contributed by atoms with Gasteiger partial charge in [-0.25, -0.2) is 16.8 Å². The first-order valence-corrected chi connectivity index (χ1v) is 11.2. The normalized spacial score (nSPS) is 15.4. The van der Waals surface area contributed by atoms with E-state index in [4.69, 9.17) is 23.2 Å². The van der Waals surface area contributed by atoms with Crippen LogP contribution < -0.4 is 0 Å². The van der Waals surface area contributed by atoms with E-state index in [1.54, 1.807) is 0 Å². The van der Waals surface area contributed by atoms with Gasteiger partial charge in [-0.05, 0) is 6.42 Å². The van der Waals surface area contributed by atoms with E-state index in [1.807, 2.05) is 0 Å². The van der Waals surface area contributed by atoms with Gasteiger partial charge in [-0.3, -0.25) is 0 Å². The number of hydrogen-bond acceptors (Lipinski definition) is 4. The lowest BCUT2D eigenvalue weighted by Gasteiger charge is -2.20. The summed E-state index contributed by atoms with van der Waals surface area (Å²) in [5.41, 5.74) is -12.2. The van der Waals surface area contributed by atoms with Gasteiger partial charge < -0.3 is 0 Å². The average Bonchev–Trinajstić information content (AvgIpc) is 2.24. The van der Waals surface area contributed by atoms with E-state index in [2.05, 4.69) is 0 Å². The highest BCUT2D eigenvalue weighted by Gasteiger charge is 2.62. The van der Waals surface area contributed by atoms with Gasteiger partial charge in [0.05, 0.1) is 14.0 Å². The summed E-state index contributed by atoms with van der Waals surface area (Å²) in [5, 5.41) is 0. The smallest absolute Gasteiger partial charge is 0.218 e. The maximum absolute atomic E-state index is 12.4. The predicted molar refractivity (Wildman–Crippen MR) is 71.8 cm³/mol. The van der Waals surface area contributed by atoms with Crippen LogP contribution in [0.5, 0.6) is 0 Å². The van der Waals surface area contributed by atoms with Gasteiger partial charge in [0.15, 0.2) is 4.58 Å². The SMILES string of the molecule is O=S(=O)(C(CCC[SiH2]C(Cl)Cl)S(=O)(=O)C(F)(F)F)C(F)(F)F. The highest BCUT2D eigenvalue weighted by atomic mass is 35.5. The molecule has 15 heteroatoms. The van der Waals surface area contributed by atoms with Gasteiger partial charge in [0.1, 0.15) is 0 Å². The fourth-order valence-electron chi connectivity index (χ4n) is 1.38. The quantitative estimate of drug-likeness (QED) is 0.267. The predicted octanol–water partition coefficient (Wildman–Crippen LogP) is 2.31. The van der Waals surface area contributed by atoms with Gasteiger partial charge in [0.2, 0.25) is 0 Å². The Kier molecular flexibility index (Phi) is 7.54. The molecule has 0 radical (unpaired) electrons. The highest BCUT2D eigenvalue weighted by molar-refractivity contribution is 8.09. The second-order valence-corrected chi connectivity index (χ2v) is 13.0. The topological polar surface area (TPSA) is 68.3 Å². The monoisotopic (exact) mass is 434 g/mol. The second kappa shape index (κ2) is 7.45. The summed E-state index contributed by atoms with van der Waals surface area (Å²) in [5.74, 6) is 0. The lowest BCUT2D eigenvalue weighted by molar-refractivity contribution is -0.0472. The van der Waals surface area contributed by atoms with Gasteiger partial charge in [-0.2, -0.15) is 26.3 Å². The van der Waals surface area contributed by atoms with Crippen molar-refractivity contribution in [3.63, 3.8) is 0 Å². The van der Waals surface area contributed by atoms with Crippen LogP contribution in [0.15, 0.2) is 0 Å². The van der Waals surface area contributed by atoms with Crippen molar-refractivity contribution in [3.8, 4) is 0 Å². The largest absolute Gasteiger partial charge is 0.498 e. The van der Waals surface area contributed by atoms with E-state index in [0.29, 0.717) is 0 Å². The van der Waals surface area contributed by atoms with Gasteiger partial charge in [-0.1, -0.05) is 12.5 Å². The van der Waals surface area contributed by atoms with Crippen molar-refractivity contribution in [1.82, 2.24) is 0 Å². The molecule has 0 N–H and O–H groups in total. The number of halogens is 8. The number of sulfone groups is 2. The zero-order chi connectivity index (χ0) is 18.0. The van der Waals surface area contributed by atoms with Gasteiger partial charge in [0.25, 0.3) is 19.7 Å². The first-order valence-electron chi connectivity index (χ1n) is 5.43. The van der Waals surface area contributed by atoms with E-state index in [0.717, 1.165) is 0 Å². The van der Waals surface area contributed by atoms with Crippen LogP contribution >= 0.6 is 23.2 Å². The minimum atomic E-state index is -6.54. The van der Waals surface area contributed by atoms with Crippen molar-refractivity contribution < 1.29 is 43.2 Å². The first kappa shape index (κ1) is 22.3. The maximum Gasteiger partial charge on any atom is 0.498 e. The standard InChI is InChI=1S/C7H10Cl2F6O4S2Si/c8-5(9)22-3-1-2-4(20(16,17)6(10,11)12)21(18,19)7(13,14)15/h4-5H,1-3,22H2. The van der Waals surface area contributed by atoms with Crippen LogP contribution in [-0.4, -0.2) is 46.4 Å². The molecule has 0 rings (SSSR count). The molecule has 0 bridgehead atoms. The molecule has 22 heavy (non-hydrogen) atoms. The molecule has 0 aromatic carbocycles. The van der Waals surface area contributed by atoms with Crippen LogP contribution in [0.1, 0.15) is 12.8 Å². The molecule has 0 aromatic rings. The Morgan fingerprint density at radius 2 is 1.23 bits per heavy atom. The molecule has 0 aromatic heterocycles. The van der Waals surface area contributed by atoms with Crippen LogP contribution in [0.3, 0.4) is 0 Å². The summed E-state index contributed by atoms with van der Waals surface area (Å²) in [7, 11) is -14.4. The molecule has 0 amide bonds. The fraction of sp³-hybridized carbons (Fsp3) is 1.00. The number of rotatable bonds is 7. The molecule has 0 saturated heterocycles. The Bertz CT molecular complexity index is 527. The zero-order valence-corrected chi connectivity index (χ0v) is 15.0. The molecule has 0 aliphatic carbocycles. The highest BCUT2D eigenvalue weighted by Crippen LogP contribution is 2.38. The molecule has 0 aliphatic heterocycles. The molecule has 0 fully saturated rings. The summed E-state index contributed by atoms with van der Waals surface area (Å²) in [6.45, 7) is 0. The van der Waals surface area contributed by atoms with Crippen molar-refractivity contribution >= 4 is 52.4 Å². The van der Waals surface area contributed by atoms with Crippen molar-refractivity contribution in [2.75, 3.05) is 0 Å². The van der Waals surface area contributed by atoms with Crippen molar-refractivity contribution in [1.29, 1.82) is 0 Å². The molecule has 4 nitrogen and oxygen atoms in total. The summed E-state index contributed by atoms with van der Waals surface area (Å²) < 4.78 is 114. The molecule has 0 saturated carbocycles. The minimum Gasteiger partial charge on any atom is -0.218 e. The molecule has 134 valence electrons. The molecule has 0 aliphatic rings. The zero-order valence-electron chi connectivity index (χ0n) is 10.5. The van der Waals surface area contributed by atoms with E-state index < -0.39 is 62.1 Å². The molecule has 0 spiro atoms. The Morgan fingerprint density at radius 3 is 1.50 bits per heavy atom. The van der Waals surface area contributed by atoms with E-state index >= 15 is 0 Å². The van der Waals surface area contributed by atoms with Crippen LogP contribution in [0.25, 0.3) is 0 Å². The molecule has 0 atom stereocenters. The van der Waals surface area contributed by atoms with Crippen molar-refractivity contribution in [2.24, 2.45) is 0 Å². The summed E-state index contributed by atoms with van der Waals surface area (Å²) in [6, 6.07) is -0.00504. The minimum absolute atomic E-state index is 0.00504. The van der Waals surface area contributed by atoms with Gasteiger partial charge >= 0.3 is 11.0 Å². The van der Waals surface area contributed by atoms with Crippen LogP contribution in [0, 0.1) is 0 Å². The second-order valence-electron chi connectivity index (χ2n) is 4.09. The number of alkyl halides is 8. The lowest BCUT2D eigenvalue weighted by Crippen LogP contribution is -2.44. The van der Waals surface area contributed by atoms with Gasteiger partial charge in [0, 0.05) is 0 Å². The Balaban J connectivity index is 5.56. The maximum atomic E-state index is 12.4. The van der Waals surface area contributed by atoms with Crippen LogP contribution in [-0.2, 0) is 19.7 Å². The molecule has 0 unspecified atom stereocenters. The molecule has 0 heterocycles. The Morgan fingerprint density at radius 1 is 0.864 bits per heavy atom. The fourth-order valence-corrected chi connectivity index (χ4v) is 6.74. The lowest BCUT2D eigenvalue weighted by atomic mass is 10.4. The van der Waals surface area contributed by atoms with E-state index in [1.165, 1.54) is 0 Å². The van der Waals surface area contributed by atoms with E-state index in [-0.39, 0.29) is 6.04 Å². The molecular formula is C7H10Cl2F6O4S2Si. The Hall–Kier alpha value is 0.277. The summed E-state index contributed by atoms with van der Waals surface area (Å²) >= 11 is 10.7. The van der Waals surface area contributed by atoms with Crippen molar-refractivity contribution in [2.45, 2.75) is 38.9 Å². The molecular weight excluding hydrogens is 425 g/mol. The third-order valence-electron chi connectivity index (χ3n) is 2.45. The van der Waals surface area contributed by atoms with E-state index in [9.17, 15) is 43.2 Å². The van der Waals surface area contributed by atoms with Gasteiger partial charge in [-0.15, -0.1) is 23.2 Å². The van der Waals surface area contributed by atoms with Crippen LogP contribution in [0.4, 0.5) is 26.3 Å². The van der Waals surface area contributed by atoms with Crippen LogP contribution in [0.2, 0.25) is 6.04 Å². The third-order valence-corrected chi connectivity index (χ3v) is 9.77. The third kappa shape index (κ3) is 5.42. The summed E-state index contributed by atoms with van der Waals surface area (Å²) in [4.78, 5) is 0. The number of hydrogen-bond donors (Lipinski definition) is 0. The summed E-state index contributed by atoms with van der Waals surface area (Å²) in [6.07, 6.45) is -1.82. The van der Waals surface area contributed by atoms with Crippen molar-refractivity contribution in [3.05, 3.63) is 0 Å². The Labute approximate surface area is 134 Å². The first-order chi connectivity index (χ1) is 9.55.